The van der Waals surface area contributed by atoms with Gasteiger partial charge in [-0.2, -0.15) is 13.2 Å². The van der Waals surface area contributed by atoms with Crippen LogP contribution in [0, 0.1) is 83.7 Å². The van der Waals surface area contributed by atoms with Crippen molar-refractivity contribution in [1.82, 2.24) is 73.8 Å². The average Bonchev–Trinajstić information content (AvgIpc) is 1.05. The first-order valence-electron chi connectivity index (χ1n) is 51.2. The predicted octanol–water partition coefficient (Wildman–Crippen LogP) is 23.1. The highest BCUT2D eigenvalue weighted by Gasteiger charge is 2.34. The summed E-state index contributed by atoms with van der Waals surface area (Å²) in [4.78, 5) is 94.9. The number of aromatic nitrogens is 9. The number of aryl methyl sites for hydroxylation is 7. The Balaban J connectivity index is 0.000000146. The van der Waals surface area contributed by atoms with Crippen molar-refractivity contribution in [2.45, 2.75) is 174 Å². The van der Waals surface area contributed by atoms with E-state index in [-0.39, 0.29) is 47.2 Å². The van der Waals surface area contributed by atoms with Crippen molar-refractivity contribution in [3.63, 3.8) is 0 Å². The third-order valence-corrected chi connectivity index (χ3v) is 27.6. The molecule has 0 spiro atoms. The second-order valence-electron chi connectivity index (χ2n) is 39.5. The number of hydrogen-bond donors (Lipinski definition) is 3. The Bertz CT molecular complexity index is 7130. The van der Waals surface area contributed by atoms with Crippen LogP contribution < -0.4 is 36.9 Å². The van der Waals surface area contributed by atoms with Crippen LogP contribution in [0.25, 0.3) is 55.7 Å². The van der Waals surface area contributed by atoms with Crippen LogP contribution in [0.2, 0.25) is 0 Å². The molecule has 3 amide bonds. The van der Waals surface area contributed by atoms with Crippen molar-refractivity contribution in [2.75, 3.05) is 113 Å². The molecule has 3 aliphatic rings. The van der Waals surface area contributed by atoms with Crippen molar-refractivity contribution in [3.8, 4) is 22.8 Å². The third kappa shape index (κ3) is 27.7. The van der Waals surface area contributed by atoms with Gasteiger partial charge in [-0.25, -0.2) is 47.9 Å². The quantitative estimate of drug-likeness (QED) is 0.0338. The fourth-order valence-electron chi connectivity index (χ4n) is 19.0. The second kappa shape index (κ2) is 49.9. The van der Waals surface area contributed by atoms with Crippen molar-refractivity contribution < 1.29 is 40.3 Å². The first kappa shape index (κ1) is 109. The van der Waals surface area contributed by atoms with Crippen molar-refractivity contribution >= 4 is 62.2 Å². The Morgan fingerprint density at radius 3 is 1.66 bits per heavy atom. The van der Waals surface area contributed by atoms with E-state index < -0.39 is 35.2 Å². The molecule has 3 N–H and O–H groups in total. The molecule has 4 unspecified atom stereocenters. The first-order chi connectivity index (χ1) is 70.5. The maximum absolute atomic E-state index is 14.4. The van der Waals surface area contributed by atoms with Gasteiger partial charge in [-0.05, 0) is 214 Å². The largest absolute Gasteiger partial charge is 0.460 e. The molecule has 15 aromatic rings. The van der Waals surface area contributed by atoms with Gasteiger partial charge in [0.05, 0.1) is 56.3 Å². The number of alkyl halides is 3. The number of benzene rings is 9. The summed E-state index contributed by atoms with van der Waals surface area (Å²) in [7, 11) is 0. The highest BCUT2D eigenvalue weighted by Crippen LogP contribution is 2.36. The normalized spacial score (nSPS) is 14.8. The molecule has 6 aromatic heterocycles. The number of fused-ring (bicyclic) bond motifs is 3. The Morgan fingerprint density at radius 1 is 0.544 bits per heavy atom. The topological polar surface area (TPSA) is 229 Å². The van der Waals surface area contributed by atoms with Gasteiger partial charge in [0, 0.05) is 169 Å². The molecule has 0 bridgehead atoms. The lowest BCUT2D eigenvalue weighted by molar-refractivity contribution is -0.137. The van der Waals surface area contributed by atoms with Crippen LogP contribution in [-0.4, -0.2) is 179 Å². The number of halogens is 6. The zero-order valence-electron chi connectivity index (χ0n) is 87.6. The molecule has 23 nitrogen and oxygen atoms in total. The van der Waals surface area contributed by atoms with Gasteiger partial charge in [-0.15, -0.1) is 0 Å². The fourth-order valence-corrected chi connectivity index (χ4v) is 19.0. The lowest BCUT2D eigenvalue weighted by atomic mass is 9.97. The molecule has 29 heteroatoms. The Hall–Kier alpha value is -14.0. The Kier molecular flexibility index (Phi) is 36.9. The van der Waals surface area contributed by atoms with E-state index in [0.29, 0.717) is 88.5 Å². The van der Waals surface area contributed by atoms with Crippen LogP contribution in [-0.2, 0) is 25.6 Å². The van der Waals surface area contributed by atoms with Crippen LogP contribution in [0.5, 0.6) is 0 Å². The van der Waals surface area contributed by atoms with Crippen molar-refractivity contribution in [2.24, 2.45) is 17.8 Å². The number of carbonyl (C=O) groups excluding carboxylic acids is 2. The van der Waals surface area contributed by atoms with Gasteiger partial charge in [0.25, 0.3) is 17.0 Å². The summed E-state index contributed by atoms with van der Waals surface area (Å²) in [5.74, 6) is 6.51. The van der Waals surface area contributed by atoms with Crippen LogP contribution in [0.15, 0.2) is 245 Å². The van der Waals surface area contributed by atoms with E-state index in [0.717, 1.165) is 195 Å². The lowest BCUT2D eigenvalue weighted by Crippen LogP contribution is -2.50. The van der Waals surface area contributed by atoms with Gasteiger partial charge in [-0.3, -0.25) is 38.2 Å². The summed E-state index contributed by atoms with van der Waals surface area (Å²) >= 11 is 0. The minimum absolute atomic E-state index is 0.00511. The maximum Gasteiger partial charge on any atom is 0.416 e. The predicted molar refractivity (Wildman–Crippen MR) is 578 cm³/mol. The summed E-state index contributed by atoms with van der Waals surface area (Å²) in [5.41, 5.74) is 14.6. The standard InChI is InChI=1S/C26H22F4N4O2.C26H31FN4.C23H33FN4.C22H26N4O.C21H26N2O2/c1-3-33(25(36)31-19-8-6-7-17(15-19)26(28,29)30)16(2)23-32-22-10-5-4-9-21(22)24(35)34(23)20-13-11-18(27)12-14-20;1-19(2)18-30-13-15-31(16-14-30)26-23(17-22-11-7-8-12-24(22)27)20(3)28-25(29-26)21-9-5-4-6-10-21;1-16(2)17(3)15-27-10-12-28(13-11-27)23-21(18(4)25-19(5)26-23)14-20-8-6-7-9-22(20)24;1-15-8-10-18(11-9-15)26-21(17(3)25-13-12-23-16(2)14-25)24-20-7-5-4-6-19(20)22(26)27;1-5-6-9-22-21(24)19-12-20-18(11-16(4)25-20)23(19)13-17-10-14(2)7-8-15(17)3/h4-16H,3H2,1-2H3,(H,31,36);4-12,19H,13-18H2,1-3H3;6-9,16-17H,10-15H2,1-5H3;4-11,16-17,23H,12-14H2,1-3H3;7-8,10-12H,5-6,9,13H2,1-4H3,(H,22,24). The van der Waals surface area contributed by atoms with Gasteiger partial charge < -0.3 is 39.6 Å². The number of unbranched alkanes of at least 4 members (excludes halogenated alkanes) is 1. The molecule has 0 saturated carbocycles. The number of anilines is 3. The number of rotatable bonds is 26. The number of piperazine rings is 3. The fraction of sp³-hybridized carbons (Fsp3) is 0.373. The summed E-state index contributed by atoms with van der Waals surface area (Å²) in [6, 6.07) is 65.4. The molecule has 3 saturated heterocycles. The van der Waals surface area contributed by atoms with Gasteiger partial charge in [0.2, 0.25) is 0 Å². The SMILES string of the molecule is CCCCNC(=O)c1cc2oc(C)cc2n1Cc1cc(C)ccc1C.CCN(C(=O)Nc1cccc(C(F)(F)F)c1)C(C)c1nc2ccccc2c(=O)n1-c1ccc(F)cc1.Cc1ccc(-n2c(C(C)N3CCNC(C)C3)nc3ccccc3c2=O)cc1.Cc1nc(-c2ccccc2)nc(N2CCN(CC(C)C)CC2)c1Cc1ccccc1F.Cc1nc(C)c(Cc2ccccc2F)c(N2CCN(CC(C)C(C)C)CC2)n1. The molecule has 0 radical (unpaired) electrons. The Morgan fingerprint density at radius 2 is 1.09 bits per heavy atom. The number of nitrogens with one attached hydrogen (secondary N) is 3. The highest BCUT2D eigenvalue weighted by molar-refractivity contribution is 5.98. The van der Waals surface area contributed by atoms with Crippen LogP contribution in [0.4, 0.5) is 48.5 Å². The van der Waals surface area contributed by atoms with E-state index in [9.17, 15) is 45.5 Å². The van der Waals surface area contributed by atoms with E-state index >= 15 is 0 Å². The minimum atomic E-state index is -4.56. The van der Waals surface area contributed by atoms with Crippen LogP contribution in [0.1, 0.15) is 189 Å². The smallest absolute Gasteiger partial charge is 0.416 e. The summed E-state index contributed by atoms with van der Waals surface area (Å²) in [6.45, 7) is 49.9. The number of carbonyl (C=O) groups is 2. The van der Waals surface area contributed by atoms with Gasteiger partial charge in [0.15, 0.2) is 11.4 Å². The molecular weight excluding hydrogens is 1860 g/mol. The van der Waals surface area contributed by atoms with Crippen LogP contribution in [0.3, 0.4) is 0 Å². The van der Waals surface area contributed by atoms with E-state index in [4.69, 9.17) is 24.4 Å². The third-order valence-electron chi connectivity index (χ3n) is 27.6. The molecule has 147 heavy (non-hydrogen) atoms. The molecule has 4 atom stereocenters. The zero-order valence-corrected chi connectivity index (χ0v) is 87.6. The average molecular weight is 2000 g/mol. The minimum Gasteiger partial charge on any atom is -0.460 e. The van der Waals surface area contributed by atoms with E-state index in [1.54, 1.807) is 54.8 Å². The first-order valence-corrected chi connectivity index (χ1v) is 51.2. The monoisotopic (exact) mass is 2000 g/mol. The summed E-state index contributed by atoms with van der Waals surface area (Å²) < 4.78 is 92.4. The van der Waals surface area contributed by atoms with Crippen LogP contribution >= 0.6 is 0 Å². The lowest BCUT2D eigenvalue weighted by Gasteiger charge is -2.38. The number of nitrogens with zero attached hydrogens (tertiary/aromatic N) is 15. The molecule has 9 heterocycles. The maximum atomic E-state index is 14.4. The molecule has 9 aromatic carbocycles. The number of amides is 3. The van der Waals surface area contributed by atoms with E-state index in [2.05, 4.69) is 149 Å². The van der Waals surface area contributed by atoms with Crippen molar-refractivity contribution in [3.05, 3.63) is 359 Å². The molecule has 3 aliphatic heterocycles. The zero-order chi connectivity index (χ0) is 105. The summed E-state index contributed by atoms with van der Waals surface area (Å²) in [6.07, 6.45) is -1.49. The molecular formula is C118H138F6N18O5. The van der Waals surface area contributed by atoms with E-state index in [1.807, 2.05) is 143 Å². The molecule has 0 aliphatic carbocycles. The van der Waals surface area contributed by atoms with Crippen molar-refractivity contribution in [1.29, 1.82) is 0 Å². The molecule has 18 rings (SSSR count). The highest BCUT2D eigenvalue weighted by atomic mass is 19.4. The number of furan rings is 1. The van der Waals surface area contributed by atoms with Gasteiger partial charge in [-0.1, -0.05) is 186 Å². The molecule has 772 valence electrons. The van der Waals surface area contributed by atoms with E-state index in [1.165, 1.54) is 80.3 Å². The molecule has 3 fully saturated rings. The summed E-state index contributed by atoms with van der Waals surface area (Å²) in [5, 5.41) is 9.99. The Labute approximate surface area is 858 Å². The number of hydrogen-bond acceptors (Lipinski definition) is 17. The van der Waals surface area contributed by atoms with Gasteiger partial charge in [0.1, 0.15) is 58.0 Å². The van der Waals surface area contributed by atoms with Gasteiger partial charge >= 0.3 is 12.2 Å². The number of para-hydroxylation sites is 2. The second-order valence-corrected chi connectivity index (χ2v) is 39.5. The number of urea groups is 1.